The highest BCUT2D eigenvalue weighted by atomic mass is 16.6. The normalized spacial score (nSPS) is 10.6. The van der Waals surface area contributed by atoms with Gasteiger partial charge in [-0.15, -0.1) is 5.16 Å². The van der Waals surface area contributed by atoms with Crippen LogP contribution in [0.4, 0.5) is 0 Å². The van der Waals surface area contributed by atoms with Crippen LogP contribution in [0.1, 0.15) is 20.3 Å². The van der Waals surface area contributed by atoms with Crippen molar-refractivity contribution in [2.45, 2.75) is 25.9 Å². The second kappa shape index (κ2) is 3.20. The molecule has 0 fully saturated rings. The molecule has 0 aromatic rings. The summed E-state index contributed by atoms with van der Waals surface area (Å²) in [4.78, 5) is 14.8. The number of rotatable bonds is 4. The number of carboxylic acid groups (broad SMARTS) is 1. The number of nitrogens with zero attached hydrogens (tertiary/aromatic N) is 1. The molecule has 0 aromatic heterocycles. The van der Waals surface area contributed by atoms with E-state index in [-0.39, 0.29) is 6.42 Å². The number of oxime groups is 1. The van der Waals surface area contributed by atoms with Crippen LogP contribution < -0.4 is 0 Å². The first kappa shape index (κ1) is 8.94. The largest absolute Gasteiger partial charge is 0.481 e. The van der Waals surface area contributed by atoms with Crippen molar-refractivity contribution in [1.82, 2.24) is 0 Å². The Morgan fingerprint density at radius 1 is 1.80 bits per heavy atom. The van der Waals surface area contributed by atoms with Gasteiger partial charge in [-0.25, -0.2) is 0 Å². The van der Waals surface area contributed by atoms with Crippen LogP contribution in [-0.2, 0) is 9.63 Å². The van der Waals surface area contributed by atoms with E-state index in [1.54, 1.807) is 13.8 Å². The van der Waals surface area contributed by atoms with Crippen LogP contribution in [0.15, 0.2) is 5.16 Å². The average molecular weight is 145 g/mol. The molecule has 0 atom stereocenters. The van der Waals surface area contributed by atoms with Crippen molar-refractivity contribution in [2.75, 3.05) is 0 Å². The Labute approximate surface area is 59.5 Å². The summed E-state index contributed by atoms with van der Waals surface area (Å²) < 4.78 is 0. The van der Waals surface area contributed by atoms with Crippen molar-refractivity contribution in [3.8, 4) is 0 Å². The first-order chi connectivity index (χ1) is 4.48. The van der Waals surface area contributed by atoms with E-state index in [2.05, 4.69) is 16.7 Å². The standard InChI is InChI=1S/C6H11NO3/c1-6(2,10-7-3)4-5(8)9/h3-4H2,1-2H3,(H,8,9). The van der Waals surface area contributed by atoms with E-state index in [1.807, 2.05) is 0 Å². The fourth-order valence-electron chi connectivity index (χ4n) is 0.571. The van der Waals surface area contributed by atoms with E-state index in [9.17, 15) is 4.79 Å². The average Bonchev–Trinajstić information content (AvgIpc) is 1.59. The highest BCUT2D eigenvalue weighted by Crippen LogP contribution is 2.13. The molecule has 4 nitrogen and oxygen atoms in total. The molecule has 0 bridgehead atoms. The second-order valence-corrected chi connectivity index (χ2v) is 2.55. The zero-order valence-corrected chi connectivity index (χ0v) is 6.13. The van der Waals surface area contributed by atoms with Gasteiger partial charge in [-0.3, -0.25) is 4.79 Å². The summed E-state index contributed by atoms with van der Waals surface area (Å²) in [6, 6.07) is 0. The molecule has 0 aliphatic carbocycles. The van der Waals surface area contributed by atoms with Crippen molar-refractivity contribution in [2.24, 2.45) is 5.16 Å². The van der Waals surface area contributed by atoms with Crippen LogP contribution in [0.5, 0.6) is 0 Å². The fraction of sp³-hybridized carbons (Fsp3) is 0.667. The summed E-state index contributed by atoms with van der Waals surface area (Å²) >= 11 is 0. The smallest absolute Gasteiger partial charge is 0.307 e. The molecule has 0 saturated carbocycles. The Bertz CT molecular complexity index is 142. The molecule has 0 aromatic carbocycles. The van der Waals surface area contributed by atoms with Gasteiger partial charge < -0.3 is 9.94 Å². The molecule has 0 unspecified atom stereocenters. The summed E-state index contributed by atoms with van der Waals surface area (Å²) in [6.07, 6.45) is -0.0774. The molecule has 0 rings (SSSR count). The SMILES string of the molecule is C=NOC(C)(C)CC(=O)O. The first-order valence-corrected chi connectivity index (χ1v) is 2.84. The Morgan fingerprint density at radius 2 is 2.30 bits per heavy atom. The molecular weight excluding hydrogens is 134 g/mol. The van der Waals surface area contributed by atoms with E-state index in [4.69, 9.17) is 5.11 Å². The summed E-state index contributed by atoms with van der Waals surface area (Å²) in [5.41, 5.74) is -0.756. The molecule has 0 saturated heterocycles. The van der Waals surface area contributed by atoms with Crippen molar-refractivity contribution in [3.63, 3.8) is 0 Å². The lowest BCUT2D eigenvalue weighted by Gasteiger charge is -2.18. The van der Waals surface area contributed by atoms with Crippen molar-refractivity contribution in [1.29, 1.82) is 0 Å². The molecular formula is C6H11NO3. The molecule has 1 N–H and O–H groups in total. The second-order valence-electron chi connectivity index (χ2n) is 2.55. The summed E-state index contributed by atoms with van der Waals surface area (Å²) in [7, 11) is 0. The molecule has 4 heteroatoms. The number of carboxylic acids is 1. The maximum atomic E-state index is 10.1. The topological polar surface area (TPSA) is 58.9 Å². The van der Waals surface area contributed by atoms with Gasteiger partial charge >= 0.3 is 5.97 Å². The maximum Gasteiger partial charge on any atom is 0.307 e. The van der Waals surface area contributed by atoms with E-state index in [1.165, 1.54) is 0 Å². The van der Waals surface area contributed by atoms with Crippen molar-refractivity contribution in [3.05, 3.63) is 0 Å². The molecule has 0 spiro atoms. The monoisotopic (exact) mass is 145 g/mol. The van der Waals surface area contributed by atoms with Crippen LogP contribution in [-0.4, -0.2) is 23.4 Å². The van der Waals surface area contributed by atoms with Gasteiger partial charge in [0.1, 0.15) is 5.60 Å². The van der Waals surface area contributed by atoms with Crippen LogP contribution in [0.3, 0.4) is 0 Å². The lowest BCUT2D eigenvalue weighted by Crippen LogP contribution is -2.25. The van der Waals surface area contributed by atoms with Gasteiger partial charge in [0.2, 0.25) is 0 Å². The third-order valence-electron chi connectivity index (χ3n) is 0.889. The molecule has 0 heterocycles. The predicted molar refractivity (Wildman–Crippen MR) is 37.0 cm³/mol. The Kier molecular flexibility index (Phi) is 2.86. The lowest BCUT2D eigenvalue weighted by molar-refractivity contribution is -0.143. The summed E-state index contributed by atoms with van der Waals surface area (Å²) in [5.74, 6) is -0.909. The van der Waals surface area contributed by atoms with Gasteiger partial charge in [0.15, 0.2) is 0 Å². The molecule has 0 aliphatic heterocycles. The van der Waals surface area contributed by atoms with Crippen LogP contribution in [0.25, 0.3) is 0 Å². The van der Waals surface area contributed by atoms with E-state index in [0.29, 0.717) is 0 Å². The maximum absolute atomic E-state index is 10.1. The van der Waals surface area contributed by atoms with E-state index < -0.39 is 11.6 Å². The number of hydrogen-bond donors (Lipinski definition) is 1. The van der Waals surface area contributed by atoms with Crippen molar-refractivity contribution < 1.29 is 14.7 Å². The Balaban J connectivity index is 3.85. The van der Waals surface area contributed by atoms with Crippen LogP contribution >= 0.6 is 0 Å². The minimum absolute atomic E-state index is 0.0774. The zero-order chi connectivity index (χ0) is 8.20. The van der Waals surface area contributed by atoms with Gasteiger partial charge in [-0.2, -0.15) is 0 Å². The van der Waals surface area contributed by atoms with Gasteiger partial charge in [-0.1, -0.05) is 0 Å². The van der Waals surface area contributed by atoms with E-state index >= 15 is 0 Å². The lowest BCUT2D eigenvalue weighted by atomic mass is 10.1. The highest BCUT2D eigenvalue weighted by molar-refractivity contribution is 5.67. The Hall–Kier alpha value is -1.06. The molecule has 58 valence electrons. The molecule has 0 aliphatic rings. The molecule has 10 heavy (non-hydrogen) atoms. The fourth-order valence-corrected chi connectivity index (χ4v) is 0.571. The third-order valence-corrected chi connectivity index (χ3v) is 0.889. The van der Waals surface area contributed by atoms with Crippen molar-refractivity contribution >= 4 is 12.7 Å². The highest BCUT2D eigenvalue weighted by Gasteiger charge is 2.23. The van der Waals surface area contributed by atoms with Gasteiger partial charge in [-0.05, 0) is 13.8 Å². The molecule has 0 amide bonds. The molecule has 0 radical (unpaired) electrons. The van der Waals surface area contributed by atoms with Gasteiger partial charge in [0, 0.05) is 6.72 Å². The summed E-state index contributed by atoms with van der Waals surface area (Å²) in [5, 5.41) is 11.5. The first-order valence-electron chi connectivity index (χ1n) is 2.84. The zero-order valence-electron chi connectivity index (χ0n) is 6.13. The van der Waals surface area contributed by atoms with Gasteiger partial charge in [0.05, 0.1) is 6.42 Å². The van der Waals surface area contributed by atoms with Crippen LogP contribution in [0.2, 0.25) is 0 Å². The van der Waals surface area contributed by atoms with Gasteiger partial charge in [0.25, 0.3) is 0 Å². The minimum atomic E-state index is -0.909. The van der Waals surface area contributed by atoms with E-state index in [0.717, 1.165) is 0 Å². The van der Waals surface area contributed by atoms with Crippen LogP contribution in [0, 0.1) is 0 Å². The number of aliphatic carboxylic acids is 1. The third kappa shape index (κ3) is 3.88. The number of carbonyl (C=O) groups is 1. The predicted octanol–water partition coefficient (Wildman–Crippen LogP) is 0.872. The Morgan fingerprint density at radius 3 is 2.60 bits per heavy atom. The summed E-state index contributed by atoms with van der Waals surface area (Å²) in [6.45, 7) is 6.36. The minimum Gasteiger partial charge on any atom is -0.481 e. The number of hydrogen-bond acceptors (Lipinski definition) is 3. The quantitative estimate of drug-likeness (QED) is 0.471.